The molecule has 1 amide bonds. The van der Waals surface area contributed by atoms with Crippen LogP contribution in [0.3, 0.4) is 0 Å². The number of hydrogen-bond acceptors (Lipinski definition) is 5. The normalized spacial score (nSPS) is 15.4. The fraction of sp³-hybridized carbons (Fsp3) is 0.263. The lowest BCUT2D eigenvalue weighted by molar-refractivity contribution is -0.385. The van der Waals surface area contributed by atoms with Gasteiger partial charge in [0.15, 0.2) is 0 Å². The lowest BCUT2D eigenvalue weighted by Crippen LogP contribution is -2.20. The molecule has 30 heavy (non-hydrogen) atoms. The van der Waals surface area contributed by atoms with Crippen molar-refractivity contribution in [3.63, 3.8) is 0 Å². The topological polar surface area (TPSA) is 122 Å². The van der Waals surface area contributed by atoms with Gasteiger partial charge in [-0.1, -0.05) is 6.07 Å². The van der Waals surface area contributed by atoms with Gasteiger partial charge in [0.25, 0.3) is 21.6 Å². The van der Waals surface area contributed by atoms with E-state index in [0.717, 1.165) is 25.1 Å². The van der Waals surface area contributed by atoms with Gasteiger partial charge in [0.2, 0.25) is 0 Å². The standard InChI is InChI=1S/C19H19FN4O5S/c1-12-16(20)9-13(10-17(12)24(26)27)19(25)21-14-5-3-6-15(11-14)30(28,29)22-18-7-4-8-23(18)2/h3,5-6,9-11H,4,7-8H2,1-2H3,(H,21,25)/b22-18+. The molecule has 1 heterocycles. The SMILES string of the molecule is Cc1c(F)cc(C(=O)Nc2cccc(S(=O)(=O)/N=C3\CCCN3C)c2)cc1[N+](=O)[O-]. The summed E-state index contributed by atoms with van der Waals surface area (Å²) in [7, 11) is -2.22. The van der Waals surface area contributed by atoms with Crippen LogP contribution in [0, 0.1) is 22.9 Å². The van der Waals surface area contributed by atoms with Crippen LogP contribution in [-0.2, 0) is 10.0 Å². The molecule has 0 spiro atoms. The number of nitro benzene ring substituents is 1. The number of nitro groups is 1. The Balaban J connectivity index is 1.87. The molecule has 0 bridgehead atoms. The van der Waals surface area contributed by atoms with Crippen molar-refractivity contribution >= 4 is 33.1 Å². The molecule has 1 fully saturated rings. The smallest absolute Gasteiger partial charge is 0.284 e. The average Bonchev–Trinajstić information content (AvgIpc) is 3.07. The molecule has 0 aliphatic carbocycles. The molecular formula is C19H19FN4O5S. The molecule has 2 aromatic carbocycles. The minimum absolute atomic E-state index is 0.117. The minimum Gasteiger partial charge on any atom is -0.362 e. The number of carbonyl (C=O) groups excluding carboxylic acids is 1. The third-order valence-electron chi connectivity index (χ3n) is 4.73. The van der Waals surface area contributed by atoms with Crippen molar-refractivity contribution in [2.45, 2.75) is 24.7 Å². The van der Waals surface area contributed by atoms with Gasteiger partial charge in [-0.25, -0.2) is 4.39 Å². The van der Waals surface area contributed by atoms with Gasteiger partial charge in [-0.15, -0.1) is 4.40 Å². The summed E-state index contributed by atoms with van der Waals surface area (Å²) < 4.78 is 43.0. The van der Waals surface area contributed by atoms with Crippen molar-refractivity contribution < 1.29 is 22.5 Å². The fourth-order valence-corrected chi connectivity index (χ4v) is 4.16. The van der Waals surface area contributed by atoms with E-state index in [9.17, 15) is 27.7 Å². The van der Waals surface area contributed by atoms with Gasteiger partial charge in [-0.05, 0) is 37.6 Å². The quantitative estimate of drug-likeness (QED) is 0.570. The lowest BCUT2D eigenvalue weighted by atomic mass is 10.1. The second-order valence-corrected chi connectivity index (χ2v) is 8.45. The number of hydrogen-bond donors (Lipinski definition) is 1. The van der Waals surface area contributed by atoms with Gasteiger partial charge in [-0.3, -0.25) is 14.9 Å². The molecule has 0 unspecified atom stereocenters. The molecule has 2 aromatic rings. The van der Waals surface area contributed by atoms with Crippen molar-refractivity contribution in [1.82, 2.24) is 4.90 Å². The highest BCUT2D eigenvalue weighted by molar-refractivity contribution is 7.90. The van der Waals surface area contributed by atoms with Crippen LogP contribution < -0.4 is 5.32 Å². The highest BCUT2D eigenvalue weighted by Gasteiger charge is 2.22. The van der Waals surface area contributed by atoms with E-state index in [-0.39, 0.29) is 21.7 Å². The maximum Gasteiger partial charge on any atom is 0.284 e. The molecule has 0 radical (unpaired) electrons. The molecule has 1 aliphatic rings. The van der Waals surface area contributed by atoms with Crippen LogP contribution >= 0.6 is 0 Å². The first-order valence-electron chi connectivity index (χ1n) is 8.99. The van der Waals surface area contributed by atoms with Crippen LogP contribution in [0.25, 0.3) is 0 Å². The molecule has 158 valence electrons. The fourth-order valence-electron chi connectivity index (χ4n) is 3.02. The Hall–Kier alpha value is -3.34. The first-order chi connectivity index (χ1) is 14.1. The van der Waals surface area contributed by atoms with Crippen LogP contribution in [-0.4, -0.2) is 43.6 Å². The summed E-state index contributed by atoms with van der Waals surface area (Å²) in [6.45, 7) is 1.97. The summed E-state index contributed by atoms with van der Waals surface area (Å²) in [6, 6.07) is 7.31. The highest BCUT2D eigenvalue weighted by atomic mass is 32.2. The summed E-state index contributed by atoms with van der Waals surface area (Å²) >= 11 is 0. The second kappa shape index (κ2) is 8.19. The molecule has 1 aliphatic heterocycles. The van der Waals surface area contributed by atoms with E-state index < -0.39 is 32.4 Å². The maximum atomic E-state index is 14.0. The predicted molar refractivity (Wildman–Crippen MR) is 109 cm³/mol. The number of sulfonamides is 1. The Morgan fingerprint density at radius 3 is 2.67 bits per heavy atom. The minimum atomic E-state index is -3.98. The number of amides is 1. The molecule has 1 N–H and O–H groups in total. The third kappa shape index (κ3) is 4.46. The molecule has 9 nitrogen and oxygen atoms in total. The third-order valence-corrected chi connectivity index (χ3v) is 6.03. The zero-order chi connectivity index (χ0) is 22.1. The molecule has 0 saturated carbocycles. The predicted octanol–water partition coefficient (Wildman–Crippen LogP) is 3.11. The monoisotopic (exact) mass is 434 g/mol. The summed E-state index contributed by atoms with van der Waals surface area (Å²) in [5, 5.41) is 13.5. The number of benzene rings is 2. The Bertz CT molecular complexity index is 1160. The number of anilines is 1. The Morgan fingerprint density at radius 2 is 2.03 bits per heavy atom. The Morgan fingerprint density at radius 1 is 1.30 bits per heavy atom. The maximum absolute atomic E-state index is 14.0. The van der Waals surface area contributed by atoms with E-state index in [1.165, 1.54) is 31.2 Å². The summed E-state index contributed by atoms with van der Waals surface area (Å²) in [6.07, 6.45) is 1.38. The summed E-state index contributed by atoms with van der Waals surface area (Å²) in [5.41, 5.74) is -0.829. The molecule has 3 rings (SSSR count). The van der Waals surface area contributed by atoms with E-state index >= 15 is 0 Å². The zero-order valence-corrected chi connectivity index (χ0v) is 17.1. The Kier molecular flexibility index (Phi) is 5.83. The van der Waals surface area contributed by atoms with Gasteiger partial charge in [0.1, 0.15) is 11.7 Å². The number of carbonyl (C=O) groups is 1. The number of amidine groups is 1. The van der Waals surface area contributed by atoms with Crippen LogP contribution in [0.4, 0.5) is 15.8 Å². The number of nitrogens with zero attached hydrogens (tertiary/aromatic N) is 3. The molecule has 0 aromatic heterocycles. The average molecular weight is 434 g/mol. The van der Waals surface area contributed by atoms with E-state index in [2.05, 4.69) is 9.71 Å². The lowest BCUT2D eigenvalue weighted by Gasteiger charge is -2.11. The molecule has 1 saturated heterocycles. The zero-order valence-electron chi connectivity index (χ0n) is 16.3. The van der Waals surface area contributed by atoms with Gasteiger partial charge < -0.3 is 10.2 Å². The van der Waals surface area contributed by atoms with Gasteiger partial charge in [-0.2, -0.15) is 8.42 Å². The van der Waals surface area contributed by atoms with Gasteiger partial charge >= 0.3 is 0 Å². The van der Waals surface area contributed by atoms with Crippen molar-refractivity contribution in [3.05, 3.63) is 63.5 Å². The van der Waals surface area contributed by atoms with E-state index in [4.69, 9.17) is 0 Å². The number of rotatable bonds is 5. The number of likely N-dealkylation sites (tertiary alicyclic amines) is 1. The summed E-state index contributed by atoms with van der Waals surface area (Å²) in [5.74, 6) is -1.23. The van der Waals surface area contributed by atoms with Crippen LogP contribution in [0.5, 0.6) is 0 Å². The van der Waals surface area contributed by atoms with Gasteiger partial charge in [0, 0.05) is 37.3 Å². The van der Waals surface area contributed by atoms with Crippen molar-refractivity contribution in [2.75, 3.05) is 18.9 Å². The van der Waals surface area contributed by atoms with E-state index in [0.29, 0.717) is 12.3 Å². The van der Waals surface area contributed by atoms with Crippen LogP contribution in [0.2, 0.25) is 0 Å². The largest absolute Gasteiger partial charge is 0.362 e. The van der Waals surface area contributed by atoms with Crippen molar-refractivity contribution in [1.29, 1.82) is 0 Å². The Labute approximate surface area is 172 Å². The first kappa shape index (κ1) is 21.4. The van der Waals surface area contributed by atoms with E-state index in [1.807, 2.05) is 0 Å². The van der Waals surface area contributed by atoms with Crippen molar-refractivity contribution in [2.24, 2.45) is 4.40 Å². The molecular weight excluding hydrogens is 415 g/mol. The summed E-state index contributed by atoms with van der Waals surface area (Å²) in [4.78, 5) is 24.4. The number of halogens is 1. The first-order valence-corrected chi connectivity index (χ1v) is 10.4. The number of nitrogens with one attached hydrogen (secondary N) is 1. The second-order valence-electron chi connectivity index (χ2n) is 6.85. The molecule has 0 atom stereocenters. The molecule has 11 heteroatoms. The highest BCUT2D eigenvalue weighted by Crippen LogP contribution is 2.24. The van der Waals surface area contributed by atoms with Crippen LogP contribution in [0.15, 0.2) is 45.7 Å². The van der Waals surface area contributed by atoms with Crippen LogP contribution in [0.1, 0.15) is 28.8 Å². The van der Waals surface area contributed by atoms with E-state index in [1.54, 1.807) is 11.9 Å². The van der Waals surface area contributed by atoms with Crippen molar-refractivity contribution in [3.8, 4) is 0 Å². The van der Waals surface area contributed by atoms with Gasteiger partial charge in [0.05, 0.1) is 15.4 Å².